The summed E-state index contributed by atoms with van der Waals surface area (Å²) in [5.41, 5.74) is 1.90. The van der Waals surface area contributed by atoms with Gasteiger partial charge >= 0.3 is 0 Å². The standard InChI is InChI=1S/C19H23N2O/c1-2-3-4-5-14-22-19-8-6-18(7-9-19)16-21-12-10-17(15-20)11-13-21/h6-13H,2-5,14,16H2,1H3/q+1. The number of hydrogen-bond acceptors (Lipinski definition) is 2. The van der Waals surface area contributed by atoms with Gasteiger partial charge in [-0.15, -0.1) is 0 Å². The van der Waals surface area contributed by atoms with Crippen LogP contribution in [0.3, 0.4) is 0 Å². The van der Waals surface area contributed by atoms with Gasteiger partial charge in [0.15, 0.2) is 18.9 Å². The Labute approximate surface area is 132 Å². The molecular formula is C19H23N2O+. The van der Waals surface area contributed by atoms with Gasteiger partial charge in [-0.25, -0.2) is 4.57 Å². The Morgan fingerprint density at radius 3 is 2.36 bits per heavy atom. The fraction of sp³-hybridized carbons (Fsp3) is 0.368. The molecule has 0 aliphatic heterocycles. The number of hydrogen-bond donors (Lipinski definition) is 0. The summed E-state index contributed by atoms with van der Waals surface area (Å²) in [4.78, 5) is 0. The van der Waals surface area contributed by atoms with Gasteiger partial charge in [-0.1, -0.05) is 26.2 Å². The number of unbranched alkanes of at least 4 members (excludes halogenated alkanes) is 3. The van der Waals surface area contributed by atoms with Crippen LogP contribution in [0.25, 0.3) is 0 Å². The van der Waals surface area contributed by atoms with E-state index >= 15 is 0 Å². The second-order valence-electron chi connectivity index (χ2n) is 5.42. The van der Waals surface area contributed by atoms with Crippen molar-refractivity contribution in [3.63, 3.8) is 0 Å². The van der Waals surface area contributed by atoms with Gasteiger partial charge in [-0.3, -0.25) is 0 Å². The molecule has 0 radical (unpaired) electrons. The third-order valence-electron chi connectivity index (χ3n) is 3.58. The third kappa shape index (κ3) is 5.21. The van der Waals surface area contributed by atoms with Crippen LogP contribution in [0.4, 0.5) is 0 Å². The highest BCUT2D eigenvalue weighted by Crippen LogP contribution is 2.13. The van der Waals surface area contributed by atoms with E-state index < -0.39 is 0 Å². The van der Waals surface area contributed by atoms with Gasteiger partial charge in [0.05, 0.1) is 18.2 Å². The first-order valence-electron chi connectivity index (χ1n) is 7.93. The summed E-state index contributed by atoms with van der Waals surface area (Å²) in [6.45, 7) is 3.80. The van der Waals surface area contributed by atoms with Crippen molar-refractivity contribution >= 4 is 0 Å². The van der Waals surface area contributed by atoms with Crippen LogP contribution in [-0.2, 0) is 6.54 Å². The second-order valence-corrected chi connectivity index (χ2v) is 5.42. The predicted molar refractivity (Wildman–Crippen MR) is 86.5 cm³/mol. The summed E-state index contributed by atoms with van der Waals surface area (Å²) < 4.78 is 7.80. The minimum atomic E-state index is 0.683. The van der Waals surface area contributed by atoms with E-state index in [1.807, 2.05) is 36.7 Å². The largest absolute Gasteiger partial charge is 0.494 e. The van der Waals surface area contributed by atoms with Gasteiger partial charge in [-0.05, 0) is 30.7 Å². The number of nitriles is 1. The maximum atomic E-state index is 8.79. The van der Waals surface area contributed by atoms with Crippen molar-refractivity contribution in [3.8, 4) is 11.8 Å². The zero-order valence-corrected chi connectivity index (χ0v) is 13.2. The normalized spacial score (nSPS) is 10.2. The van der Waals surface area contributed by atoms with E-state index in [0.717, 1.165) is 25.3 Å². The highest BCUT2D eigenvalue weighted by molar-refractivity contribution is 5.27. The van der Waals surface area contributed by atoms with Crippen molar-refractivity contribution in [3.05, 3.63) is 59.9 Å². The van der Waals surface area contributed by atoms with Crippen molar-refractivity contribution in [1.29, 1.82) is 5.26 Å². The predicted octanol–water partition coefficient (Wildman–Crippen LogP) is 3.85. The zero-order valence-electron chi connectivity index (χ0n) is 13.2. The second kappa shape index (κ2) is 8.84. The molecule has 0 bridgehead atoms. The minimum Gasteiger partial charge on any atom is -0.494 e. The maximum absolute atomic E-state index is 8.79. The van der Waals surface area contributed by atoms with Crippen LogP contribution in [0.15, 0.2) is 48.8 Å². The lowest BCUT2D eigenvalue weighted by atomic mass is 10.2. The Morgan fingerprint density at radius 2 is 1.73 bits per heavy atom. The summed E-state index contributed by atoms with van der Waals surface area (Å²) in [5.74, 6) is 0.935. The van der Waals surface area contributed by atoms with Crippen molar-refractivity contribution < 1.29 is 9.30 Å². The van der Waals surface area contributed by atoms with Crippen molar-refractivity contribution in [2.24, 2.45) is 0 Å². The van der Waals surface area contributed by atoms with Gasteiger partial charge in [0.25, 0.3) is 0 Å². The van der Waals surface area contributed by atoms with Crippen LogP contribution in [0.5, 0.6) is 5.75 Å². The van der Waals surface area contributed by atoms with Crippen molar-refractivity contribution in [2.45, 2.75) is 39.2 Å². The van der Waals surface area contributed by atoms with Gasteiger partial charge in [0.1, 0.15) is 5.75 Å². The molecule has 2 aromatic rings. The average Bonchev–Trinajstić information content (AvgIpc) is 2.57. The summed E-state index contributed by atoms with van der Waals surface area (Å²) >= 11 is 0. The number of nitrogens with zero attached hydrogens (tertiary/aromatic N) is 2. The van der Waals surface area contributed by atoms with E-state index in [9.17, 15) is 0 Å². The Kier molecular flexibility index (Phi) is 6.44. The molecular weight excluding hydrogens is 272 g/mol. The van der Waals surface area contributed by atoms with E-state index in [1.54, 1.807) is 0 Å². The summed E-state index contributed by atoms with van der Waals surface area (Å²) in [6.07, 6.45) is 8.75. The van der Waals surface area contributed by atoms with E-state index in [4.69, 9.17) is 10.00 Å². The SMILES string of the molecule is CCCCCCOc1ccc(C[n+]2ccc(C#N)cc2)cc1. The molecule has 2 rings (SSSR count). The van der Waals surface area contributed by atoms with Gasteiger partial charge in [0.2, 0.25) is 0 Å². The fourth-order valence-electron chi connectivity index (χ4n) is 2.26. The summed E-state index contributed by atoms with van der Waals surface area (Å²) in [6, 6.07) is 14.0. The number of pyridine rings is 1. The van der Waals surface area contributed by atoms with E-state index in [-0.39, 0.29) is 0 Å². The van der Waals surface area contributed by atoms with Crippen LogP contribution < -0.4 is 9.30 Å². The molecule has 0 unspecified atom stereocenters. The van der Waals surface area contributed by atoms with Crippen LogP contribution in [-0.4, -0.2) is 6.61 Å². The molecule has 0 aliphatic carbocycles. The molecule has 0 fully saturated rings. The zero-order chi connectivity index (χ0) is 15.6. The Balaban J connectivity index is 1.82. The minimum absolute atomic E-state index is 0.683. The maximum Gasteiger partial charge on any atom is 0.173 e. The topological polar surface area (TPSA) is 36.9 Å². The van der Waals surface area contributed by atoms with Crippen molar-refractivity contribution in [2.75, 3.05) is 6.61 Å². The van der Waals surface area contributed by atoms with Gasteiger partial charge in [0, 0.05) is 17.7 Å². The molecule has 22 heavy (non-hydrogen) atoms. The van der Waals surface area contributed by atoms with E-state index in [0.29, 0.717) is 5.56 Å². The lowest BCUT2D eigenvalue weighted by Gasteiger charge is -2.06. The lowest BCUT2D eigenvalue weighted by molar-refractivity contribution is -0.688. The molecule has 3 nitrogen and oxygen atoms in total. The van der Waals surface area contributed by atoms with E-state index in [1.165, 1.54) is 24.8 Å². The average molecular weight is 295 g/mol. The molecule has 0 atom stereocenters. The molecule has 114 valence electrons. The number of benzene rings is 1. The van der Waals surface area contributed by atoms with Crippen molar-refractivity contribution in [1.82, 2.24) is 0 Å². The monoisotopic (exact) mass is 295 g/mol. The number of ether oxygens (including phenoxy) is 1. The Hall–Kier alpha value is -2.34. The Bertz CT molecular complexity index is 597. The number of rotatable bonds is 8. The van der Waals surface area contributed by atoms with Gasteiger partial charge in [-0.2, -0.15) is 5.26 Å². The first-order valence-corrected chi connectivity index (χ1v) is 7.93. The molecule has 0 aliphatic rings. The highest BCUT2D eigenvalue weighted by atomic mass is 16.5. The molecule has 0 saturated heterocycles. The van der Waals surface area contributed by atoms with Crippen LogP contribution in [0, 0.1) is 11.3 Å². The molecule has 0 amide bonds. The lowest BCUT2D eigenvalue weighted by Crippen LogP contribution is -2.33. The molecule has 0 saturated carbocycles. The van der Waals surface area contributed by atoms with Crippen LogP contribution in [0.2, 0.25) is 0 Å². The quantitative estimate of drug-likeness (QED) is 0.548. The molecule has 1 aromatic heterocycles. The van der Waals surface area contributed by atoms with Gasteiger partial charge < -0.3 is 4.74 Å². The Morgan fingerprint density at radius 1 is 1.00 bits per heavy atom. The third-order valence-corrected chi connectivity index (χ3v) is 3.58. The molecule has 0 spiro atoms. The fourth-order valence-corrected chi connectivity index (χ4v) is 2.26. The van der Waals surface area contributed by atoms with Crippen LogP contribution in [0.1, 0.15) is 43.7 Å². The molecule has 3 heteroatoms. The molecule has 0 N–H and O–H groups in total. The smallest absolute Gasteiger partial charge is 0.173 e. The molecule has 1 heterocycles. The van der Waals surface area contributed by atoms with Crippen LogP contribution >= 0.6 is 0 Å². The summed E-state index contributed by atoms with van der Waals surface area (Å²) in [5, 5.41) is 8.79. The van der Waals surface area contributed by atoms with E-state index in [2.05, 4.69) is 29.7 Å². The highest BCUT2D eigenvalue weighted by Gasteiger charge is 2.03. The first kappa shape index (κ1) is 16.0. The summed E-state index contributed by atoms with van der Waals surface area (Å²) in [7, 11) is 0. The molecule has 1 aromatic carbocycles. The first-order chi connectivity index (χ1) is 10.8. The number of aromatic nitrogens is 1.